The van der Waals surface area contributed by atoms with E-state index in [0.29, 0.717) is 6.42 Å². The fraction of sp³-hybridized carbons (Fsp3) is 0.714. The van der Waals surface area contributed by atoms with E-state index in [1.807, 2.05) is 0 Å². The summed E-state index contributed by atoms with van der Waals surface area (Å²) in [5.74, 6) is -1.49. The molecule has 0 fully saturated rings. The van der Waals surface area contributed by atoms with Crippen LogP contribution in [-0.2, 0) is 9.59 Å². The number of carboxylic acid groups (broad SMARTS) is 1. The van der Waals surface area contributed by atoms with E-state index in [1.54, 1.807) is 6.92 Å². The van der Waals surface area contributed by atoms with Gasteiger partial charge in [-0.1, -0.05) is 6.92 Å². The number of rotatable bonds is 4. The van der Waals surface area contributed by atoms with E-state index in [1.165, 1.54) is 6.92 Å². The molecule has 0 saturated carbocycles. The lowest BCUT2D eigenvalue weighted by Gasteiger charge is -2.12. The Morgan fingerprint density at radius 1 is 1.58 bits per heavy atom. The molecule has 2 atom stereocenters. The first kappa shape index (κ1) is 10.9. The number of amides is 1. The fourth-order valence-corrected chi connectivity index (χ4v) is 0.568. The SMILES string of the molecule is CC[C@@H](N)C(=O)NC(C)C(=O)O. The van der Waals surface area contributed by atoms with Crippen LogP contribution < -0.4 is 11.1 Å². The Hall–Kier alpha value is -1.10. The number of nitrogens with two attached hydrogens (primary N) is 1. The molecule has 1 amide bonds. The first-order valence-electron chi connectivity index (χ1n) is 3.77. The zero-order valence-electron chi connectivity index (χ0n) is 7.20. The summed E-state index contributed by atoms with van der Waals surface area (Å²) in [6.45, 7) is 3.15. The Morgan fingerprint density at radius 3 is 2.42 bits per heavy atom. The summed E-state index contributed by atoms with van der Waals surface area (Å²) in [4.78, 5) is 21.3. The predicted molar refractivity (Wildman–Crippen MR) is 43.5 cm³/mol. The molecule has 1 unspecified atom stereocenters. The molecule has 0 aliphatic rings. The van der Waals surface area contributed by atoms with Crippen molar-refractivity contribution in [2.24, 2.45) is 5.73 Å². The van der Waals surface area contributed by atoms with Gasteiger partial charge in [0.15, 0.2) is 0 Å². The predicted octanol–water partition coefficient (Wildman–Crippen LogP) is -0.687. The molecule has 5 nitrogen and oxygen atoms in total. The summed E-state index contributed by atoms with van der Waals surface area (Å²) in [7, 11) is 0. The zero-order valence-corrected chi connectivity index (χ0v) is 7.20. The van der Waals surface area contributed by atoms with Crippen molar-refractivity contribution in [3.63, 3.8) is 0 Å². The Kier molecular flexibility index (Phi) is 4.28. The van der Waals surface area contributed by atoms with Crippen LogP contribution in [0.3, 0.4) is 0 Å². The third-order valence-electron chi connectivity index (χ3n) is 1.51. The van der Waals surface area contributed by atoms with Crippen molar-refractivity contribution >= 4 is 11.9 Å². The Bertz CT molecular complexity index is 181. The Balaban J connectivity index is 3.92. The van der Waals surface area contributed by atoms with E-state index in [9.17, 15) is 9.59 Å². The summed E-state index contributed by atoms with van der Waals surface area (Å²) in [6, 6.07) is -1.50. The van der Waals surface area contributed by atoms with Crippen LogP contribution in [-0.4, -0.2) is 29.1 Å². The first-order valence-corrected chi connectivity index (χ1v) is 3.77. The van der Waals surface area contributed by atoms with E-state index < -0.39 is 24.0 Å². The highest BCUT2D eigenvalue weighted by molar-refractivity contribution is 5.86. The van der Waals surface area contributed by atoms with Crippen LogP contribution in [0.15, 0.2) is 0 Å². The van der Waals surface area contributed by atoms with Gasteiger partial charge in [0.25, 0.3) is 0 Å². The van der Waals surface area contributed by atoms with Gasteiger partial charge >= 0.3 is 5.97 Å². The molecular weight excluding hydrogens is 160 g/mol. The second kappa shape index (κ2) is 4.71. The Morgan fingerprint density at radius 2 is 2.08 bits per heavy atom. The van der Waals surface area contributed by atoms with Gasteiger partial charge < -0.3 is 16.2 Å². The van der Waals surface area contributed by atoms with Crippen molar-refractivity contribution in [3.8, 4) is 0 Å². The number of carbonyl (C=O) groups is 2. The van der Waals surface area contributed by atoms with Crippen LogP contribution >= 0.6 is 0 Å². The third-order valence-corrected chi connectivity index (χ3v) is 1.51. The van der Waals surface area contributed by atoms with Crippen LogP contribution in [0.25, 0.3) is 0 Å². The molecule has 0 aromatic heterocycles. The molecule has 0 saturated heterocycles. The number of hydrogen-bond donors (Lipinski definition) is 3. The first-order chi connectivity index (χ1) is 5.49. The average Bonchev–Trinajstić information content (AvgIpc) is 2.02. The van der Waals surface area contributed by atoms with Crippen LogP contribution in [0, 0.1) is 0 Å². The molecule has 0 aromatic carbocycles. The molecule has 0 aromatic rings. The smallest absolute Gasteiger partial charge is 0.325 e. The molecule has 12 heavy (non-hydrogen) atoms. The van der Waals surface area contributed by atoms with E-state index in [2.05, 4.69) is 5.32 Å². The molecule has 0 spiro atoms. The largest absolute Gasteiger partial charge is 0.480 e. The third kappa shape index (κ3) is 3.34. The lowest BCUT2D eigenvalue weighted by molar-refractivity contribution is -0.141. The van der Waals surface area contributed by atoms with Crippen molar-refractivity contribution in [2.45, 2.75) is 32.4 Å². The highest BCUT2D eigenvalue weighted by Gasteiger charge is 2.17. The summed E-state index contributed by atoms with van der Waals surface area (Å²) < 4.78 is 0. The monoisotopic (exact) mass is 174 g/mol. The Labute approximate surface area is 70.9 Å². The van der Waals surface area contributed by atoms with Crippen molar-refractivity contribution in [2.75, 3.05) is 0 Å². The fourth-order valence-electron chi connectivity index (χ4n) is 0.568. The van der Waals surface area contributed by atoms with Crippen LogP contribution in [0.2, 0.25) is 0 Å². The van der Waals surface area contributed by atoms with Crippen molar-refractivity contribution in [1.29, 1.82) is 0 Å². The van der Waals surface area contributed by atoms with E-state index >= 15 is 0 Å². The molecular formula is C7H14N2O3. The van der Waals surface area contributed by atoms with Crippen LogP contribution in [0.4, 0.5) is 0 Å². The molecule has 5 heteroatoms. The van der Waals surface area contributed by atoms with E-state index in [4.69, 9.17) is 10.8 Å². The van der Waals surface area contributed by atoms with Crippen LogP contribution in [0.1, 0.15) is 20.3 Å². The number of aliphatic carboxylic acids is 1. The number of carbonyl (C=O) groups excluding carboxylic acids is 1. The van der Waals surface area contributed by atoms with Gasteiger partial charge in [0.1, 0.15) is 6.04 Å². The maximum absolute atomic E-state index is 11.0. The normalized spacial score (nSPS) is 14.9. The van der Waals surface area contributed by atoms with Gasteiger partial charge in [-0.2, -0.15) is 0 Å². The standard InChI is InChI=1S/C7H14N2O3/c1-3-5(8)6(10)9-4(2)7(11)12/h4-5H,3,8H2,1-2H3,(H,9,10)(H,11,12)/t4?,5-/m1/s1. The van der Waals surface area contributed by atoms with Gasteiger partial charge in [-0.3, -0.25) is 9.59 Å². The molecule has 4 N–H and O–H groups in total. The van der Waals surface area contributed by atoms with Gasteiger partial charge in [0.05, 0.1) is 6.04 Å². The van der Waals surface area contributed by atoms with E-state index in [-0.39, 0.29) is 0 Å². The lowest BCUT2D eigenvalue weighted by atomic mass is 10.2. The van der Waals surface area contributed by atoms with Gasteiger partial charge in [-0.15, -0.1) is 0 Å². The van der Waals surface area contributed by atoms with Gasteiger partial charge in [0, 0.05) is 0 Å². The maximum atomic E-state index is 11.0. The van der Waals surface area contributed by atoms with E-state index in [0.717, 1.165) is 0 Å². The van der Waals surface area contributed by atoms with Gasteiger partial charge in [-0.05, 0) is 13.3 Å². The van der Waals surface area contributed by atoms with Gasteiger partial charge in [0.2, 0.25) is 5.91 Å². The molecule has 0 bridgehead atoms. The molecule has 0 rings (SSSR count). The number of nitrogens with one attached hydrogen (secondary N) is 1. The maximum Gasteiger partial charge on any atom is 0.325 e. The second-order valence-electron chi connectivity index (χ2n) is 2.58. The van der Waals surface area contributed by atoms with Crippen molar-refractivity contribution in [1.82, 2.24) is 5.32 Å². The topological polar surface area (TPSA) is 92.4 Å². The quantitative estimate of drug-likeness (QED) is 0.526. The highest BCUT2D eigenvalue weighted by atomic mass is 16.4. The zero-order chi connectivity index (χ0) is 9.72. The summed E-state index contributed by atoms with van der Waals surface area (Å²) in [5.41, 5.74) is 5.36. The lowest BCUT2D eigenvalue weighted by Crippen LogP contribution is -2.46. The highest BCUT2D eigenvalue weighted by Crippen LogP contribution is 1.88. The average molecular weight is 174 g/mol. The molecule has 70 valence electrons. The van der Waals surface area contributed by atoms with Crippen molar-refractivity contribution < 1.29 is 14.7 Å². The molecule has 0 radical (unpaired) electrons. The molecule has 0 aliphatic heterocycles. The number of hydrogen-bond acceptors (Lipinski definition) is 3. The molecule has 0 aliphatic carbocycles. The van der Waals surface area contributed by atoms with Gasteiger partial charge in [-0.25, -0.2) is 0 Å². The minimum absolute atomic E-state index is 0.424. The minimum atomic E-state index is -1.06. The van der Waals surface area contributed by atoms with Crippen LogP contribution in [0.5, 0.6) is 0 Å². The summed E-state index contributed by atoms with van der Waals surface area (Å²) >= 11 is 0. The number of carboxylic acids is 1. The summed E-state index contributed by atoms with van der Waals surface area (Å²) in [5, 5.41) is 10.7. The second-order valence-corrected chi connectivity index (χ2v) is 2.58. The summed E-state index contributed by atoms with van der Waals surface area (Å²) in [6.07, 6.45) is 0.498. The molecule has 0 heterocycles. The minimum Gasteiger partial charge on any atom is -0.480 e. The van der Waals surface area contributed by atoms with Crippen molar-refractivity contribution in [3.05, 3.63) is 0 Å².